The molecule has 0 unspecified atom stereocenters. The highest BCUT2D eigenvalue weighted by molar-refractivity contribution is 5.79. The van der Waals surface area contributed by atoms with Crippen LogP contribution < -0.4 is 11.1 Å². The number of carbonyl (C=O) groups excluding carboxylic acids is 1. The van der Waals surface area contributed by atoms with Gasteiger partial charge in [-0.15, -0.1) is 0 Å². The van der Waals surface area contributed by atoms with Crippen LogP contribution >= 0.6 is 0 Å². The van der Waals surface area contributed by atoms with E-state index in [9.17, 15) is 4.79 Å². The summed E-state index contributed by atoms with van der Waals surface area (Å²) in [6.45, 7) is 6.71. The molecule has 0 spiro atoms. The smallest absolute Gasteiger partial charge is 0.224 e. The van der Waals surface area contributed by atoms with E-state index >= 15 is 0 Å². The quantitative estimate of drug-likeness (QED) is 0.812. The number of benzene rings is 1. The van der Waals surface area contributed by atoms with Crippen LogP contribution in [-0.2, 0) is 17.8 Å². The van der Waals surface area contributed by atoms with E-state index in [1.54, 1.807) is 0 Å². The first-order chi connectivity index (χ1) is 8.48. The Hall–Kier alpha value is -1.35. The Bertz CT molecular complexity index is 399. The number of nitrogens with two attached hydrogens (primary N) is 1. The van der Waals surface area contributed by atoms with Gasteiger partial charge in [0.2, 0.25) is 5.91 Å². The minimum atomic E-state index is -0.135. The van der Waals surface area contributed by atoms with Crippen LogP contribution in [0.5, 0.6) is 0 Å². The number of hydrogen-bond acceptors (Lipinski definition) is 2. The molecule has 3 heteroatoms. The summed E-state index contributed by atoms with van der Waals surface area (Å²) in [7, 11) is 0. The fraction of sp³-hybridized carbons (Fsp3) is 0.533. The molecule has 0 aliphatic carbocycles. The average molecular weight is 248 g/mol. The number of amides is 1. The van der Waals surface area contributed by atoms with Crippen LogP contribution in [0.15, 0.2) is 24.3 Å². The molecule has 0 saturated carbocycles. The van der Waals surface area contributed by atoms with Crippen molar-refractivity contribution in [3.8, 4) is 0 Å². The third-order valence-electron chi connectivity index (χ3n) is 3.04. The normalized spacial score (nSPS) is 11.3. The molecule has 0 aromatic heterocycles. The van der Waals surface area contributed by atoms with Crippen molar-refractivity contribution in [1.82, 2.24) is 5.32 Å². The summed E-state index contributed by atoms with van der Waals surface area (Å²) in [4.78, 5) is 12.0. The maximum Gasteiger partial charge on any atom is 0.224 e. The van der Waals surface area contributed by atoms with Crippen LogP contribution in [0.3, 0.4) is 0 Å². The zero-order chi connectivity index (χ0) is 13.6. The van der Waals surface area contributed by atoms with Gasteiger partial charge < -0.3 is 11.1 Å². The highest BCUT2D eigenvalue weighted by atomic mass is 16.1. The standard InChI is InChI=1S/C15H24N2O/c1-4-9-15(2,3)17-14(18)10-12-7-5-6-8-13(12)11-16/h5-8H,4,9-11,16H2,1-3H3,(H,17,18). The predicted molar refractivity (Wildman–Crippen MR) is 75.2 cm³/mol. The molecule has 0 aliphatic heterocycles. The van der Waals surface area contributed by atoms with E-state index in [-0.39, 0.29) is 11.4 Å². The molecule has 18 heavy (non-hydrogen) atoms. The predicted octanol–water partition coefficient (Wildman–Crippen LogP) is 2.38. The fourth-order valence-corrected chi connectivity index (χ4v) is 2.21. The molecule has 1 aromatic carbocycles. The van der Waals surface area contributed by atoms with E-state index in [2.05, 4.69) is 26.1 Å². The van der Waals surface area contributed by atoms with Gasteiger partial charge in [-0.3, -0.25) is 4.79 Å². The third-order valence-corrected chi connectivity index (χ3v) is 3.04. The molecule has 3 N–H and O–H groups in total. The maximum atomic E-state index is 12.0. The first-order valence-corrected chi connectivity index (χ1v) is 6.56. The van der Waals surface area contributed by atoms with Crippen molar-refractivity contribution < 1.29 is 4.79 Å². The zero-order valence-corrected chi connectivity index (χ0v) is 11.6. The van der Waals surface area contributed by atoms with Crippen molar-refractivity contribution in [2.24, 2.45) is 5.73 Å². The summed E-state index contributed by atoms with van der Waals surface area (Å²) < 4.78 is 0. The third kappa shape index (κ3) is 4.49. The van der Waals surface area contributed by atoms with Gasteiger partial charge in [-0.2, -0.15) is 0 Å². The number of nitrogens with one attached hydrogen (secondary N) is 1. The lowest BCUT2D eigenvalue weighted by atomic mass is 9.97. The van der Waals surface area contributed by atoms with E-state index in [1.807, 2.05) is 24.3 Å². The van der Waals surface area contributed by atoms with Gasteiger partial charge in [0.15, 0.2) is 0 Å². The minimum Gasteiger partial charge on any atom is -0.351 e. The summed E-state index contributed by atoms with van der Waals surface area (Å²) in [5.41, 5.74) is 7.60. The van der Waals surface area contributed by atoms with Crippen LogP contribution in [0.25, 0.3) is 0 Å². The van der Waals surface area contributed by atoms with Gasteiger partial charge in [-0.1, -0.05) is 37.6 Å². The van der Waals surface area contributed by atoms with Crippen LogP contribution in [0.1, 0.15) is 44.7 Å². The molecule has 3 nitrogen and oxygen atoms in total. The second kappa shape index (κ2) is 6.55. The lowest BCUT2D eigenvalue weighted by molar-refractivity contribution is -0.122. The summed E-state index contributed by atoms with van der Waals surface area (Å²) in [6, 6.07) is 7.83. The average Bonchev–Trinajstić information content (AvgIpc) is 2.28. The van der Waals surface area contributed by atoms with Crippen LogP contribution in [-0.4, -0.2) is 11.4 Å². The van der Waals surface area contributed by atoms with Crippen LogP contribution in [0.4, 0.5) is 0 Å². The van der Waals surface area contributed by atoms with Crippen molar-refractivity contribution in [3.05, 3.63) is 35.4 Å². The Labute approximate surface area is 110 Å². The molecule has 0 fully saturated rings. The molecule has 100 valence electrons. The van der Waals surface area contributed by atoms with E-state index in [1.165, 1.54) is 0 Å². The van der Waals surface area contributed by atoms with Gasteiger partial charge in [-0.25, -0.2) is 0 Å². The summed E-state index contributed by atoms with van der Waals surface area (Å²) >= 11 is 0. The Morgan fingerprint density at radius 1 is 1.28 bits per heavy atom. The summed E-state index contributed by atoms with van der Waals surface area (Å²) in [5.74, 6) is 0.0642. The van der Waals surface area contributed by atoms with Crippen LogP contribution in [0.2, 0.25) is 0 Å². The van der Waals surface area contributed by atoms with Gasteiger partial charge in [0.25, 0.3) is 0 Å². The van der Waals surface area contributed by atoms with Crippen molar-refractivity contribution in [3.63, 3.8) is 0 Å². The van der Waals surface area contributed by atoms with E-state index in [0.717, 1.165) is 24.0 Å². The molecule has 0 saturated heterocycles. The van der Waals surface area contributed by atoms with Gasteiger partial charge in [0, 0.05) is 12.1 Å². The van der Waals surface area contributed by atoms with Gasteiger partial charge in [0.1, 0.15) is 0 Å². The number of carbonyl (C=O) groups is 1. The number of hydrogen-bond donors (Lipinski definition) is 2. The highest BCUT2D eigenvalue weighted by Crippen LogP contribution is 2.13. The Kier molecular flexibility index (Phi) is 5.35. The second-order valence-corrected chi connectivity index (χ2v) is 5.33. The van der Waals surface area contributed by atoms with E-state index in [0.29, 0.717) is 13.0 Å². The van der Waals surface area contributed by atoms with Crippen molar-refractivity contribution in [1.29, 1.82) is 0 Å². The molecule has 0 bridgehead atoms. The lowest BCUT2D eigenvalue weighted by Crippen LogP contribution is -2.44. The van der Waals surface area contributed by atoms with Crippen molar-refractivity contribution in [2.45, 2.75) is 52.1 Å². The first kappa shape index (κ1) is 14.7. The molecule has 1 amide bonds. The molecule has 1 rings (SSSR count). The topological polar surface area (TPSA) is 55.1 Å². The second-order valence-electron chi connectivity index (χ2n) is 5.33. The molecule has 1 aromatic rings. The Balaban J connectivity index is 2.65. The lowest BCUT2D eigenvalue weighted by Gasteiger charge is -2.26. The van der Waals surface area contributed by atoms with Crippen molar-refractivity contribution in [2.75, 3.05) is 0 Å². The number of rotatable bonds is 6. The monoisotopic (exact) mass is 248 g/mol. The molecular weight excluding hydrogens is 224 g/mol. The minimum absolute atomic E-state index is 0.0642. The van der Waals surface area contributed by atoms with Crippen molar-refractivity contribution >= 4 is 5.91 Å². The fourth-order valence-electron chi connectivity index (χ4n) is 2.21. The molecule has 0 atom stereocenters. The Morgan fingerprint density at radius 3 is 2.44 bits per heavy atom. The first-order valence-electron chi connectivity index (χ1n) is 6.56. The van der Waals surface area contributed by atoms with Gasteiger partial charge >= 0.3 is 0 Å². The van der Waals surface area contributed by atoms with Crippen LogP contribution in [0, 0.1) is 0 Å². The largest absolute Gasteiger partial charge is 0.351 e. The van der Waals surface area contributed by atoms with Gasteiger partial charge in [0.05, 0.1) is 6.42 Å². The zero-order valence-electron chi connectivity index (χ0n) is 11.6. The van der Waals surface area contributed by atoms with Gasteiger partial charge in [-0.05, 0) is 31.4 Å². The maximum absolute atomic E-state index is 12.0. The summed E-state index contributed by atoms with van der Waals surface area (Å²) in [6.07, 6.45) is 2.45. The summed E-state index contributed by atoms with van der Waals surface area (Å²) in [5, 5.41) is 3.08. The van der Waals surface area contributed by atoms with E-state index in [4.69, 9.17) is 5.73 Å². The highest BCUT2D eigenvalue weighted by Gasteiger charge is 2.19. The van der Waals surface area contributed by atoms with E-state index < -0.39 is 0 Å². The molecule has 0 heterocycles. The Morgan fingerprint density at radius 2 is 1.89 bits per heavy atom. The molecule has 0 aliphatic rings. The molecule has 0 radical (unpaired) electrons. The SMILES string of the molecule is CCCC(C)(C)NC(=O)Cc1ccccc1CN. The molecular formula is C15H24N2O.